The minimum atomic E-state index is -2.17. The highest BCUT2D eigenvalue weighted by Crippen LogP contribution is 2.29. The lowest BCUT2D eigenvalue weighted by Crippen LogP contribution is -2.07. The predicted molar refractivity (Wildman–Crippen MR) is 147 cm³/mol. The second-order valence-electron chi connectivity index (χ2n) is 9.48. The number of aryl methyl sites for hydroxylation is 1. The third-order valence-corrected chi connectivity index (χ3v) is 6.67. The van der Waals surface area contributed by atoms with Crippen molar-refractivity contribution in [2.75, 3.05) is 0 Å². The van der Waals surface area contributed by atoms with Crippen LogP contribution in [-0.4, -0.2) is 27.0 Å². The molecular weight excluding hydrogens is 421 g/mol. The number of fused-ring (bicyclic) bond motifs is 3. The number of aromatic nitrogens is 1. The van der Waals surface area contributed by atoms with Gasteiger partial charge in [0.2, 0.25) is 0 Å². The first-order valence-corrected chi connectivity index (χ1v) is 13.6. The highest BCUT2D eigenvalue weighted by Gasteiger charge is 2.08. The van der Waals surface area contributed by atoms with Crippen LogP contribution in [0.1, 0.15) is 103 Å². The quantitative estimate of drug-likeness (QED) is 0.150. The third-order valence-electron chi connectivity index (χ3n) is 6.67. The fourth-order valence-electron chi connectivity index (χ4n) is 4.89. The van der Waals surface area contributed by atoms with Gasteiger partial charge in [-0.05, 0) is 18.6 Å². The largest absolute Gasteiger partial charge is 0.631 e. The fraction of sp³-hybridized carbons (Fsp3) is 0.586. The molecule has 188 valence electrons. The van der Waals surface area contributed by atoms with E-state index >= 15 is 0 Å². The minimum Gasteiger partial charge on any atom is -0.402 e. The van der Waals surface area contributed by atoms with E-state index in [1.54, 1.807) is 0 Å². The summed E-state index contributed by atoms with van der Waals surface area (Å²) in [6.45, 7) is 3.44. The molecule has 0 aliphatic carbocycles. The Labute approximate surface area is 207 Å². The van der Waals surface area contributed by atoms with E-state index in [1.165, 1.54) is 118 Å². The molecule has 0 radical (unpaired) electrons. The summed E-state index contributed by atoms with van der Waals surface area (Å²) in [4.78, 5) is 0. The van der Waals surface area contributed by atoms with Crippen LogP contribution >= 0.6 is 0 Å². The molecule has 2 aromatic carbocycles. The highest BCUT2D eigenvalue weighted by molar-refractivity contribution is 6.30. The zero-order valence-electron chi connectivity index (χ0n) is 21.3. The van der Waals surface area contributed by atoms with Crippen LogP contribution in [-0.2, 0) is 6.54 Å². The number of rotatable bonds is 16. The van der Waals surface area contributed by atoms with Crippen molar-refractivity contribution in [3.8, 4) is 0 Å². The summed E-state index contributed by atoms with van der Waals surface area (Å²) < 4.78 is 2.53. The Morgan fingerprint density at radius 3 is 1.24 bits per heavy atom. The lowest BCUT2D eigenvalue weighted by Gasteiger charge is -2.07. The molecule has 3 rings (SSSR count). The van der Waals surface area contributed by atoms with Crippen LogP contribution in [0.25, 0.3) is 21.8 Å². The third kappa shape index (κ3) is 10.6. The van der Waals surface area contributed by atoms with E-state index in [-0.39, 0.29) is 0 Å². The van der Waals surface area contributed by atoms with Crippen LogP contribution in [0, 0.1) is 0 Å². The van der Waals surface area contributed by atoms with Crippen LogP contribution in [0.5, 0.6) is 0 Å². The maximum absolute atomic E-state index is 7.17. The summed E-state index contributed by atoms with van der Waals surface area (Å²) in [5, 5.41) is 24.3. The average Bonchev–Trinajstić information content (AvgIpc) is 3.15. The van der Waals surface area contributed by atoms with E-state index in [9.17, 15) is 0 Å². The lowest BCUT2D eigenvalue weighted by atomic mass is 10.0. The maximum atomic E-state index is 7.17. The molecule has 1 heterocycles. The molecule has 4 nitrogen and oxygen atoms in total. The smallest absolute Gasteiger partial charge is 0.402 e. The maximum Gasteiger partial charge on any atom is 0.631 e. The van der Waals surface area contributed by atoms with E-state index in [4.69, 9.17) is 15.1 Å². The van der Waals surface area contributed by atoms with Gasteiger partial charge in [0.05, 0.1) is 0 Å². The van der Waals surface area contributed by atoms with Crippen molar-refractivity contribution < 1.29 is 15.1 Å². The van der Waals surface area contributed by atoms with Gasteiger partial charge in [-0.1, -0.05) is 133 Å². The van der Waals surface area contributed by atoms with Crippen molar-refractivity contribution in [2.24, 2.45) is 0 Å². The van der Waals surface area contributed by atoms with Gasteiger partial charge in [-0.2, -0.15) is 0 Å². The number of benzene rings is 2. The number of hydrogen-bond acceptors (Lipinski definition) is 3. The first kappa shape index (κ1) is 28.4. The highest BCUT2D eigenvalue weighted by atomic mass is 16.5. The topological polar surface area (TPSA) is 65.6 Å². The summed E-state index contributed by atoms with van der Waals surface area (Å²) in [7, 11) is -2.17. The van der Waals surface area contributed by atoms with E-state index in [0.717, 1.165) is 6.54 Å². The molecule has 0 fully saturated rings. The molecule has 3 N–H and O–H groups in total. The molecule has 0 bridgehead atoms. The number of nitrogens with zero attached hydrogens (tertiary/aromatic N) is 1. The van der Waals surface area contributed by atoms with Crippen LogP contribution in [0.3, 0.4) is 0 Å². The van der Waals surface area contributed by atoms with Crippen molar-refractivity contribution in [3.63, 3.8) is 0 Å². The Morgan fingerprint density at radius 2 is 0.853 bits per heavy atom. The molecule has 3 aromatic rings. The molecule has 0 atom stereocenters. The standard InChI is InChI=1S/C29H43N.BH3O3/c1-2-3-4-5-6-7-8-9-10-11-12-13-14-15-20-25-30-28-23-18-16-21-26(28)27-22-17-19-24-29(27)30;2-1(3)4/h16-19,21-24H,2-15,20,25H2,1H3;2-4H. The monoisotopic (exact) mass is 467 g/mol. The zero-order chi connectivity index (χ0) is 24.4. The van der Waals surface area contributed by atoms with E-state index in [2.05, 4.69) is 60.0 Å². The Balaban J connectivity index is 0.000000945. The summed E-state index contributed by atoms with van der Waals surface area (Å²) in [5.74, 6) is 0. The SMILES string of the molecule is CCCCCCCCCCCCCCCCCn1c2ccccc2c2ccccc21.OB(O)O. The number of hydrogen-bond donors (Lipinski definition) is 3. The minimum absolute atomic E-state index is 1.15. The van der Waals surface area contributed by atoms with Crippen LogP contribution in [0.2, 0.25) is 0 Å². The molecule has 1 aromatic heterocycles. The Hall–Kier alpha value is -1.82. The van der Waals surface area contributed by atoms with Crippen molar-refractivity contribution >= 4 is 29.1 Å². The summed E-state index contributed by atoms with van der Waals surface area (Å²) in [5.41, 5.74) is 2.79. The lowest BCUT2D eigenvalue weighted by molar-refractivity contribution is 0.278. The van der Waals surface area contributed by atoms with Crippen molar-refractivity contribution in [3.05, 3.63) is 48.5 Å². The molecule has 0 aliphatic heterocycles. The van der Waals surface area contributed by atoms with Gasteiger partial charge in [-0.25, -0.2) is 0 Å². The molecule has 0 saturated carbocycles. The van der Waals surface area contributed by atoms with Crippen LogP contribution in [0.4, 0.5) is 0 Å². The van der Waals surface area contributed by atoms with E-state index in [0.29, 0.717) is 0 Å². The molecule has 0 saturated heterocycles. The zero-order valence-corrected chi connectivity index (χ0v) is 21.3. The first-order chi connectivity index (χ1) is 16.6. The molecule has 5 heteroatoms. The Kier molecular flexibility index (Phi) is 14.7. The number of unbranched alkanes of at least 4 members (excludes halogenated alkanes) is 14. The molecule has 34 heavy (non-hydrogen) atoms. The van der Waals surface area contributed by atoms with E-state index in [1.807, 2.05) is 0 Å². The van der Waals surface area contributed by atoms with Crippen LogP contribution < -0.4 is 0 Å². The van der Waals surface area contributed by atoms with Crippen LogP contribution in [0.15, 0.2) is 48.5 Å². The predicted octanol–water partition coefficient (Wildman–Crippen LogP) is 7.61. The Bertz CT molecular complexity index is 853. The first-order valence-electron chi connectivity index (χ1n) is 13.6. The summed E-state index contributed by atoms with van der Waals surface area (Å²) in [6, 6.07) is 17.7. The second kappa shape index (κ2) is 17.6. The molecule has 0 aliphatic rings. The average molecular weight is 468 g/mol. The molecule has 0 spiro atoms. The molecule has 0 amide bonds. The van der Waals surface area contributed by atoms with Gasteiger partial charge in [-0.3, -0.25) is 0 Å². The van der Waals surface area contributed by atoms with Gasteiger partial charge < -0.3 is 19.6 Å². The van der Waals surface area contributed by atoms with Gasteiger partial charge in [0.1, 0.15) is 0 Å². The molecular formula is C29H46BNO3. The van der Waals surface area contributed by atoms with Crippen molar-refractivity contribution in [2.45, 2.75) is 110 Å². The molecule has 0 unspecified atom stereocenters. The number of para-hydroxylation sites is 2. The summed E-state index contributed by atoms with van der Waals surface area (Å²) >= 11 is 0. The summed E-state index contributed by atoms with van der Waals surface area (Å²) in [6.07, 6.45) is 21.4. The normalized spacial score (nSPS) is 11.1. The second-order valence-corrected chi connectivity index (χ2v) is 9.48. The van der Waals surface area contributed by atoms with Gasteiger partial charge >= 0.3 is 7.32 Å². The Morgan fingerprint density at radius 1 is 0.529 bits per heavy atom. The van der Waals surface area contributed by atoms with Gasteiger partial charge in [0, 0.05) is 28.4 Å². The van der Waals surface area contributed by atoms with Crippen molar-refractivity contribution in [1.29, 1.82) is 0 Å². The van der Waals surface area contributed by atoms with Gasteiger partial charge in [-0.15, -0.1) is 0 Å². The van der Waals surface area contributed by atoms with Gasteiger partial charge in [0.15, 0.2) is 0 Å². The van der Waals surface area contributed by atoms with Crippen molar-refractivity contribution in [1.82, 2.24) is 4.57 Å². The van der Waals surface area contributed by atoms with Gasteiger partial charge in [0.25, 0.3) is 0 Å². The fourth-order valence-corrected chi connectivity index (χ4v) is 4.89. The van der Waals surface area contributed by atoms with E-state index < -0.39 is 7.32 Å².